The summed E-state index contributed by atoms with van der Waals surface area (Å²) in [7, 11) is 0. The summed E-state index contributed by atoms with van der Waals surface area (Å²) in [5.41, 5.74) is -0.869. The highest BCUT2D eigenvalue weighted by atomic mass is 19.2. The molecule has 0 radical (unpaired) electrons. The maximum atomic E-state index is 14.1. The molecule has 2 unspecified atom stereocenters. The monoisotopic (exact) mass is 334 g/mol. The van der Waals surface area contributed by atoms with Crippen LogP contribution >= 0.6 is 0 Å². The number of aryl methyl sites for hydroxylation is 1. The van der Waals surface area contributed by atoms with Gasteiger partial charge in [-0.25, -0.2) is 13.2 Å². The smallest absolute Gasteiger partial charge is 0.241 e. The first kappa shape index (κ1) is 15.5. The van der Waals surface area contributed by atoms with Gasteiger partial charge in [0.15, 0.2) is 17.5 Å². The van der Waals surface area contributed by atoms with E-state index in [1.54, 1.807) is 0 Å². The molecule has 1 spiro atoms. The molecule has 0 bridgehead atoms. The summed E-state index contributed by atoms with van der Waals surface area (Å²) < 4.78 is 41.0. The minimum atomic E-state index is -1.51. The molecule has 0 heterocycles. The van der Waals surface area contributed by atoms with Crippen molar-refractivity contribution in [2.45, 2.75) is 51.0 Å². The minimum absolute atomic E-state index is 0.0245. The van der Waals surface area contributed by atoms with Crippen LogP contribution in [0.4, 0.5) is 13.2 Å². The number of nitriles is 1. The van der Waals surface area contributed by atoms with Crippen LogP contribution in [0.2, 0.25) is 0 Å². The van der Waals surface area contributed by atoms with Gasteiger partial charge >= 0.3 is 0 Å². The third-order valence-electron chi connectivity index (χ3n) is 6.16. The van der Waals surface area contributed by atoms with Crippen LogP contribution in [0, 0.1) is 39.6 Å². The van der Waals surface area contributed by atoms with Crippen molar-refractivity contribution in [1.82, 2.24) is 5.32 Å². The molecule has 1 amide bonds. The number of hydrogen-bond acceptors (Lipinski definition) is 2. The van der Waals surface area contributed by atoms with Gasteiger partial charge in [0.05, 0.1) is 12.1 Å². The lowest BCUT2D eigenvalue weighted by atomic mass is 9.91. The topological polar surface area (TPSA) is 52.9 Å². The number of fused-ring (bicyclic) bond motifs is 1. The highest BCUT2D eigenvalue weighted by Crippen LogP contribution is 2.71. The zero-order chi connectivity index (χ0) is 17.1. The molecule has 1 aromatic rings. The van der Waals surface area contributed by atoms with Gasteiger partial charge in [-0.2, -0.15) is 5.26 Å². The number of rotatable bonds is 2. The van der Waals surface area contributed by atoms with E-state index in [1.165, 1.54) is 0 Å². The standard InChI is InChI=1S/C18H17F3N2O/c19-11-7-10-3-4-12(13(10)15(21)14(11)20)23-16(24)18(9-22)8-17(18)5-1-2-6-17/h7,12H,1-6,8H2,(H,23,24). The number of benzene rings is 1. The molecule has 3 aliphatic rings. The summed E-state index contributed by atoms with van der Waals surface area (Å²) >= 11 is 0. The molecule has 4 rings (SSSR count). The van der Waals surface area contributed by atoms with Gasteiger partial charge in [0.1, 0.15) is 5.41 Å². The molecule has 1 aromatic carbocycles. The van der Waals surface area contributed by atoms with Crippen molar-refractivity contribution in [3.8, 4) is 6.07 Å². The molecule has 0 saturated heterocycles. The second kappa shape index (κ2) is 4.98. The molecule has 3 aliphatic carbocycles. The van der Waals surface area contributed by atoms with E-state index < -0.39 is 34.8 Å². The number of amides is 1. The Bertz CT molecular complexity index is 779. The fourth-order valence-corrected chi connectivity index (χ4v) is 4.76. The lowest BCUT2D eigenvalue weighted by Gasteiger charge is -2.20. The Morgan fingerprint density at radius 3 is 2.62 bits per heavy atom. The molecule has 2 fully saturated rings. The molecular formula is C18H17F3N2O. The summed E-state index contributed by atoms with van der Waals surface area (Å²) in [6.07, 6.45) is 5.06. The van der Waals surface area contributed by atoms with Gasteiger partial charge in [-0.05, 0) is 43.7 Å². The fraction of sp³-hybridized carbons (Fsp3) is 0.556. The number of nitrogens with zero attached hydrogens (tertiary/aromatic N) is 1. The Labute approximate surface area is 137 Å². The molecule has 24 heavy (non-hydrogen) atoms. The molecular weight excluding hydrogens is 317 g/mol. The highest BCUT2D eigenvalue weighted by Gasteiger charge is 2.73. The van der Waals surface area contributed by atoms with Crippen LogP contribution in [0.25, 0.3) is 0 Å². The van der Waals surface area contributed by atoms with Gasteiger partial charge in [-0.1, -0.05) is 12.8 Å². The second-order valence-electron chi connectivity index (χ2n) is 7.31. The molecule has 2 atom stereocenters. The molecule has 126 valence electrons. The summed E-state index contributed by atoms with van der Waals surface area (Å²) in [6, 6.07) is 2.47. The van der Waals surface area contributed by atoms with Crippen LogP contribution in [0.15, 0.2) is 6.07 Å². The number of carbonyl (C=O) groups excluding carboxylic acids is 1. The van der Waals surface area contributed by atoms with Crippen molar-refractivity contribution in [3.05, 3.63) is 34.6 Å². The number of halogens is 3. The van der Waals surface area contributed by atoms with Crippen LogP contribution < -0.4 is 5.32 Å². The van der Waals surface area contributed by atoms with E-state index >= 15 is 0 Å². The first-order valence-electron chi connectivity index (χ1n) is 8.33. The Balaban J connectivity index is 1.60. The highest BCUT2D eigenvalue weighted by molar-refractivity contribution is 5.90. The minimum Gasteiger partial charge on any atom is -0.348 e. The molecule has 0 aliphatic heterocycles. The first-order valence-corrected chi connectivity index (χ1v) is 8.33. The average molecular weight is 334 g/mol. The molecule has 1 N–H and O–H groups in total. The van der Waals surface area contributed by atoms with Gasteiger partial charge in [0.25, 0.3) is 0 Å². The number of nitrogens with one attached hydrogen (secondary N) is 1. The fourth-order valence-electron chi connectivity index (χ4n) is 4.76. The Morgan fingerprint density at radius 1 is 1.25 bits per heavy atom. The van der Waals surface area contributed by atoms with Crippen LogP contribution in [-0.2, 0) is 11.2 Å². The quantitative estimate of drug-likeness (QED) is 0.839. The molecule has 3 nitrogen and oxygen atoms in total. The summed E-state index contributed by atoms with van der Waals surface area (Å²) in [4.78, 5) is 12.7. The van der Waals surface area contributed by atoms with Crippen LogP contribution in [0.3, 0.4) is 0 Å². The predicted molar refractivity (Wildman–Crippen MR) is 79.1 cm³/mol. The van der Waals surface area contributed by atoms with Gasteiger partial charge in [0, 0.05) is 11.0 Å². The van der Waals surface area contributed by atoms with Crippen molar-refractivity contribution in [1.29, 1.82) is 5.26 Å². The summed E-state index contributed by atoms with van der Waals surface area (Å²) in [5.74, 6) is -4.35. The zero-order valence-electron chi connectivity index (χ0n) is 13.1. The van der Waals surface area contributed by atoms with Gasteiger partial charge in [0.2, 0.25) is 5.91 Å². The Hall–Kier alpha value is -2.03. The third-order valence-corrected chi connectivity index (χ3v) is 6.16. The summed E-state index contributed by atoms with van der Waals surface area (Å²) in [6.45, 7) is 0. The maximum absolute atomic E-state index is 14.1. The summed E-state index contributed by atoms with van der Waals surface area (Å²) in [5, 5.41) is 12.3. The SMILES string of the molecule is N#CC1(C(=O)NC2CCc3cc(F)c(F)c(F)c32)CC12CCCC2. The van der Waals surface area contributed by atoms with E-state index in [1.807, 2.05) is 0 Å². The van der Waals surface area contributed by atoms with Crippen LogP contribution in [0.1, 0.15) is 55.7 Å². The van der Waals surface area contributed by atoms with E-state index in [-0.39, 0.29) is 11.0 Å². The van der Waals surface area contributed by atoms with Gasteiger partial charge in [-0.3, -0.25) is 4.79 Å². The van der Waals surface area contributed by atoms with Crippen molar-refractivity contribution in [2.24, 2.45) is 10.8 Å². The van der Waals surface area contributed by atoms with Crippen molar-refractivity contribution < 1.29 is 18.0 Å². The van der Waals surface area contributed by atoms with Crippen LogP contribution in [0.5, 0.6) is 0 Å². The number of hydrogen-bond donors (Lipinski definition) is 1. The Kier molecular flexibility index (Phi) is 3.22. The van der Waals surface area contributed by atoms with Gasteiger partial charge in [-0.15, -0.1) is 0 Å². The van der Waals surface area contributed by atoms with E-state index in [0.29, 0.717) is 24.8 Å². The first-order chi connectivity index (χ1) is 11.4. The maximum Gasteiger partial charge on any atom is 0.241 e. The number of carbonyl (C=O) groups is 1. The second-order valence-corrected chi connectivity index (χ2v) is 7.31. The van der Waals surface area contributed by atoms with E-state index in [0.717, 1.165) is 31.7 Å². The predicted octanol–water partition coefficient (Wildman–Crippen LogP) is 3.68. The third kappa shape index (κ3) is 1.87. The van der Waals surface area contributed by atoms with Crippen LogP contribution in [-0.4, -0.2) is 5.91 Å². The normalized spacial score (nSPS) is 29.3. The van der Waals surface area contributed by atoms with E-state index in [4.69, 9.17) is 0 Å². The van der Waals surface area contributed by atoms with Crippen molar-refractivity contribution >= 4 is 5.91 Å². The lowest BCUT2D eigenvalue weighted by molar-refractivity contribution is -0.126. The van der Waals surface area contributed by atoms with E-state index in [9.17, 15) is 23.2 Å². The zero-order valence-corrected chi connectivity index (χ0v) is 13.1. The molecule has 6 heteroatoms. The van der Waals surface area contributed by atoms with Crippen molar-refractivity contribution in [3.63, 3.8) is 0 Å². The van der Waals surface area contributed by atoms with Crippen molar-refractivity contribution in [2.75, 3.05) is 0 Å². The largest absolute Gasteiger partial charge is 0.348 e. The van der Waals surface area contributed by atoms with Gasteiger partial charge < -0.3 is 5.32 Å². The lowest BCUT2D eigenvalue weighted by Crippen LogP contribution is -2.36. The van der Waals surface area contributed by atoms with E-state index in [2.05, 4.69) is 11.4 Å². The molecule has 0 aromatic heterocycles. The molecule has 2 saturated carbocycles. The average Bonchev–Trinajstić information content (AvgIpc) is 2.85. The Morgan fingerprint density at radius 2 is 1.96 bits per heavy atom.